The van der Waals surface area contributed by atoms with Gasteiger partial charge in [0.25, 0.3) is 11.5 Å². The van der Waals surface area contributed by atoms with Crippen molar-refractivity contribution in [2.24, 2.45) is 0 Å². The monoisotopic (exact) mass is 478 g/mol. The van der Waals surface area contributed by atoms with Crippen LogP contribution in [0.2, 0.25) is 0 Å². The lowest BCUT2D eigenvalue weighted by Gasteiger charge is -2.26. The van der Waals surface area contributed by atoms with Gasteiger partial charge in [-0.05, 0) is 57.0 Å². The molecule has 3 aromatic rings. The van der Waals surface area contributed by atoms with E-state index in [2.05, 4.69) is 10.2 Å². The van der Waals surface area contributed by atoms with E-state index in [1.165, 1.54) is 0 Å². The van der Waals surface area contributed by atoms with E-state index in [1.54, 1.807) is 40.1 Å². The van der Waals surface area contributed by atoms with Crippen LogP contribution in [0.5, 0.6) is 5.88 Å². The van der Waals surface area contributed by atoms with Gasteiger partial charge in [0.1, 0.15) is 12.2 Å². The van der Waals surface area contributed by atoms with Gasteiger partial charge in [-0.25, -0.2) is 9.89 Å². The highest BCUT2D eigenvalue weighted by Crippen LogP contribution is 2.21. The number of H-pyrrole nitrogens is 1. The molecule has 2 aromatic carbocycles. The van der Waals surface area contributed by atoms with Crippen molar-refractivity contribution in [3.63, 3.8) is 0 Å². The predicted molar refractivity (Wildman–Crippen MR) is 131 cm³/mol. The number of carbonyl (C=O) groups is 2. The molecule has 0 saturated carbocycles. The molecule has 2 heterocycles. The van der Waals surface area contributed by atoms with E-state index in [1.807, 2.05) is 39.0 Å². The summed E-state index contributed by atoms with van der Waals surface area (Å²) in [6, 6.07) is 14.4. The minimum Gasteiger partial charge on any atom is -0.471 e. The number of rotatable bonds is 4. The smallest absolute Gasteiger partial charge is 0.410 e. The fourth-order valence-electron chi connectivity index (χ4n) is 3.96. The van der Waals surface area contributed by atoms with Crippen molar-refractivity contribution in [2.45, 2.75) is 39.4 Å². The fraction of sp³-hybridized carbons (Fsp3) is 0.385. The average Bonchev–Trinajstić information content (AvgIpc) is 3.09. The first-order chi connectivity index (χ1) is 16.7. The third-order valence-corrected chi connectivity index (χ3v) is 5.65. The number of aromatic amines is 1. The fourth-order valence-corrected chi connectivity index (χ4v) is 3.96. The summed E-state index contributed by atoms with van der Waals surface area (Å²) in [5.41, 5.74) is 0.524. The molecule has 1 aliphatic heterocycles. The molecule has 1 N–H and O–H groups in total. The largest absolute Gasteiger partial charge is 0.471 e. The Kier molecular flexibility index (Phi) is 7.04. The van der Waals surface area contributed by atoms with Gasteiger partial charge in [-0.15, -0.1) is 5.10 Å². The molecule has 0 unspecified atom stereocenters. The standard InChI is InChI=1S/C26H30N4O5/c1-26(2,3)35-25(33)30-13-7-12-29(14-15-30)24(32)19-9-6-8-18(16-19)17-34-23-21-11-5-4-10-20(21)22(31)27-28-23/h4-6,8-11,16H,7,12-15,17H2,1-3H3,(H,27,31). The van der Waals surface area contributed by atoms with Gasteiger partial charge in [0.2, 0.25) is 5.88 Å². The van der Waals surface area contributed by atoms with Crippen LogP contribution >= 0.6 is 0 Å². The predicted octanol–water partition coefficient (Wildman–Crippen LogP) is 3.59. The Morgan fingerprint density at radius 1 is 0.971 bits per heavy atom. The first kappa shape index (κ1) is 24.3. The van der Waals surface area contributed by atoms with Crippen LogP contribution in [0, 0.1) is 0 Å². The second-order valence-electron chi connectivity index (χ2n) is 9.51. The molecule has 184 valence electrons. The summed E-state index contributed by atoms with van der Waals surface area (Å²) in [4.78, 5) is 41.0. The molecule has 1 aromatic heterocycles. The Balaban J connectivity index is 1.41. The van der Waals surface area contributed by atoms with E-state index in [0.717, 1.165) is 5.56 Å². The number of ether oxygens (including phenoxy) is 2. The van der Waals surface area contributed by atoms with E-state index in [0.29, 0.717) is 54.8 Å². The first-order valence-electron chi connectivity index (χ1n) is 11.7. The van der Waals surface area contributed by atoms with Crippen LogP contribution in [0.1, 0.15) is 43.1 Å². The van der Waals surface area contributed by atoms with Crippen molar-refractivity contribution in [3.8, 4) is 5.88 Å². The van der Waals surface area contributed by atoms with Crippen LogP contribution in [0.4, 0.5) is 4.79 Å². The first-order valence-corrected chi connectivity index (χ1v) is 11.7. The molecular formula is C26H30N4O5. The van der Waals surface area contributed by atoms with E-state index in [4.69, 9.17) is 9.47 Å². The van der Waals surface area contributed by atoms with Crippen molar-refractivity contribution in [1.82, 2.24) is 20.0 Å². The van der Waals surface area contributed by atoms with Gasteiger partial charge in [-0.1, -0.05) is 24.3 Å². The molecule has 0 radical (unpaired) electrons. The quantitative estimate of drug-likeness (QED) is 0.615. The lowest BCUT2D eigenvalue weighted by atomic mass is 10.1. The second kappa shape index (κ2) is 10.2. The van der Waals surface area contributed by atoms with Crippen LogP contribution in [0.3, 0.4) is 0 Å². The van der Waals surface area contributed by atoms with Crippen molar-refractivity contribution in [3.05, 3.63) is 70.0 Å². The zero-order chi connectivity index (χ0) is 25.0. The lowest BCUT2D eigenvalue weighted by molar-refractivity contribution is 0.0255. The van der Waals surface area contributed by atoms with Crippen molar-refractivity contribution >= 4 is 22.8 Å². The van der Waals surface area contributed by atoms with Gasteiger partial charge in [-0.3, -0.25) is 9.59 Å². The SMILES string of the molecule is CC(C)(C)OC(=O)N1CCCN(C(=O)c2cccc(COc3n[nH]c(=O)c4ccccc34)c2)CC1. The van der Waals surface area contributed by atoms with Gasteiger partial charge >= 0.3 is 6.09 Å². The van der Waals surface area contributed by atoms with Crippen LogP contribution in [0.15, 0.2) is 53.3 Å². The Morgan fingerprint density at radius 3 is 2.46 bits per heavy atom. The lowest BCUT2D eigenvalue weighted by Crippen LogP contribution is -2.40. The van der Waals surface area contributed by atoms with Crippen LogP contribution in [0.25, 0.3) is 10.8 Å². The summed E-state index contributed by atoms with van der Waals surface area (Å²) in [5, 5.41) is 7.61. The normalized spacial score (nSPS) is 14.5. The van der Waals surface area contributed by atoms with Gasteiger partial charge in [0.05, 0.1) is 10.8 Å². The van der Waals surface area contributed by atoms with Crippen molar-refractivity contribution in [2.75, 3.05) is 26.2 Å². The topological polar surface area (TPSA) is 105 Å². The molecule has 1 aliphatic rings. The number of nitrogens with zero attached hydrogens (tertiary/aromatic N) is 3. The number of aromatic nitrogens is 2. The minimum absolute atomic E-state index is 0.0921. The molecule has 9 heteroatoms. The summed E-state index contributed by atoms with van der Waals surface area (Å²) in [6.07, 6.45) is 0.327. The Labute approximate surface area is 203 Å². The van der Waals surface area contributed by atoms with E-state index < -0.39 is 5.60 Å². The molecule has 9 nitrogen and oxygen atoms in total. The summed E-state index contributed by atoms with van der Waals surface area (Å²) >= 11 is 0. The molecule has 1 saturated heterocycles. The minimum atomic E-state index is -0.557. The van der Waals surface area contributed by atoms with E-state index >= 15 is 0 Å². The van der Waals surface area contributed by atoms with Gasteiger partial charge in [0.15, 0.2) is 0 Å². The molecule has 35 heavy (non-hydrogen) atoms. The van der Waals surface area contributed by atoms with Crippen LogP contribution in [-0.2, 0) is 11.3 Å². The average molecular weight is 479 g/mol. The molecule has 0 atom stereocenters. The number of benzene rings is 2. The molecule has 0 aliphatic carbocycles. The summed E-state index contributed by atoms with van der Waals surface area (Å²) in [5.74, 6) is 0.234. The van der Waals surface area contributed by atoms with E-state index in [9.17, 15) is 14.4 Å². The van der Waals surface area contributed by atoms with Crippen molar-refractivity contribution < 1.29 is 19.1 Å². The van der Waals surface area contributed by atoms with Gasteiger partial charge < -0.3 is 19.3 Å². The number of amides is 2. The Morgan fingerprint density at radius 2 is 1.69 bits per heavy atom. The molecule has 2 amide bonds. The molecule has 0 spiro atoms. The maximum Gasteiger partial charge on any atom is 0.410 e. The molecule has 1 fully saturated rings. The summed E-state index contributed by atoms with van der Waals surface area (Å²) in [6.45, 7) is 7.68. The van der Waals surface area contributed by atoms with Crippen LogP contribution in [-0.4, -0.2) is 63.8 Å². The third-order valence-electron chi connectivity index (χ3n) is 5.65. The number of nitrogens with one attached hydrogen (secondary N) is 1. The van der Waals surface area contributed by atoms with E-state index in [-0.39, 0.29) is 24.2 Å². The number of fused-ring (bicyclic) bond motifs is 1. The Hall–Kier alpha value is -3.88. The number of hydrogen-bond donors (Lipinski definition) is 1. The molecule has 0 bridgehead atoms. The maximum atomic E-state index is 13.2. The highest BCUT2D eigenvalue weighted by atomic mass is 16.6. The van der Waals surface area contributed by atoms with Gasteiger partial charge in [-0.2, -0.15) is 0 Å². The highest BCUT2D eigenvalue weighted by molar-refractivity contribution is 5.94. The van der Waals surface area contributed by atoms with Crippen molar-refractivity contribution in [1.29, 1.82) is 0 Å². The highest BCUT2D eigenvalue weighted by Gasteiger charge is 2.26. The zero-order valence-electron chi connectivity index (χ0n) is 20.2. The summed E-state index contributed by atoms with van der Waals surface area (Å²) in [7, 11) is 0. The summed E-state index contributed by atoms with van der Waals surface area (Å²) < 4.78 is 11.3. The Bertz CT molecular complexity index is 1280. The number of hydrogen-bond acceptors (Lipinski definition) is 6. The second-order valence-corrected chi connectivity index (χ2v) is 9.51. The van der Waals surface area contributed by atoms with Crippen LogP contribution < -0.4 is 10.3 Å². The molecule has 4 rings (SSSR count). The number of carbonyl (C=O) groups excluding carboxylic acids is 2. The zero-order valence-corrected chi connectivity index (χ0v) is 20.2. The molecular weight excluding hydrogens is 448 g/mol. The van der Waals surface area contributed by atoms with Gasteiger partial charge in [0, 0.05) is 31.7 Å². The maximum absolute atomic E-state index is 13.2. The third kappa shape index (κ3) is 5.98.